The molecule has 0 heterocycles. The highest BCUT2D eigenvalue weighted by Gasteiger charge is 2.35. The summed E-state index contributed by atoms with van der Waals surface area (Å²) in [6, 6.07) is 27.3. The van der Waals surface area contributed by atoms with Crippen LogP contribution < -0.4 is 9.62 Å². The summed E-state index contributed by atoms with van der Waals surface area (Å²) in [5.74, 6) is -0.805. The van der Waals surface area contributed by atoms with Crippen LogP contribution in [-0.2, 0) is 32.6 Å². The summed E-state index contributed by atoms with van der Waals surface area (Å²) in [6.07, 6.45) is 5.18. The van der Waals surface area contributed by atoms with E-state index in [0.29, 0.717) is 21.3 Å². The van der Waals surface area contributed by atoms with Gasteiger partial charge in [-0.2, -0.15) is 0 Å². The van der Waals surface area contributed by atoms with Gasteiger partial charge in [0.25, 0.3) is 10.0 Å². The second kappa shape index (κ2) is 16.0. The van der Waals surface area contributed by atoms with Crippen LogP contribution in [-0.4, -0.2) is 43.8 Å². The molecule has 4 aromatic rings. The maximum atomic E-state index is 14.7. The fourth-order valence-electron chi connectivity index (χ4n) is 6.08. The molecule has 1 unspecified atom stereocenters. The highest BCUT2D eigenvalue weighted by atomic mass is 35.5. The van der Waals surface area contributed by atoms with Crippen LogP contribution in [0, 0.1) is 13.8 Å². The van der Waals surface area contributed by atoms with Crippen LogP contribution in [0.25, 0.3) is 0 Å². The van der Waals surface area contributed by atoms with E-state index >= 15 is 0 Å². The van der Waals surface area contributed by atoms with Crippen molar-refractivity contribution < 1.29 is 18.0 Å². The number of nitrogens with zero attached hydrogens (tertiary/aromatic N) is 2. The van der Waals surface area contributed by atoms with Gasteiger partial charge in [-0.3, -0.25) is 13.9 Å². The number of carbonyl (C=O) groups excluding carboxylic acids is 2. The second-order valence-electron chi connectivity index (χ2n) is 12.5. The third-order valence-electron chi connectivity index (χ3n) is 8.74. The van der Waals surface area contributed by atoms with Crippen molar-refractivity contribution in [1.29, 1.82) is 0 Å². The molecule has 0 radical (unpaired) electrons. The molecule has 1 aliphatic carbocycles. The maximum absolute atomic E-state index is 14.7. The largest absolute Gasteiger partial charge is 0.352 e. The van der Waals surface area contributed by atoms with Crippen molar-refractivity contribution in [3.05, 3.63) is 129 Å². The summed E-state index contributed by atoms with van der Waals surface area (Å²) < 4.78 is 29.6. The number of halogens is 2. The Balaban J connectivity index is 1.57. The third-order valence-corrected chi connectivity index (χ3v) is 11.3. The predicted octanol–water partition coefficient (Wildman–Crippen LogP) is 7.89. The first-order valence-corrected chi connectivity index (χ1v) is 18.4. The van der Waals surface area contributed by atoms with Crippen LogP contribution in [0.3, 0.4) is 0 Å². The van der Waals surface area contributed by atoms with E-state index in [4.69, 9.17) is 23.2 Å². The maximum Gasteiger partial charge on any atom is 0.264 e. The number of hydrogen-bond donors (Lipinski definition) is 1. The normalized spacial score (nSPS) is 14.2. The minimum Gasteiger partial charge on any atom is -0.352 e. The molecule has 7 nitrogen and oxygen atoms in total. The SMILES string of the molecule is Cc1ccc(S(=O)(=O)N(CC(=O)N(Cc2ccc(Cl)c(Cl)c2)C(Cc2ccccc2)C(=O)NC2CCCCC2)c2cccc(C)c2)cc1. The summed E-state index contributed by atoms with van der Waals surface area (Å²) in [5.41, 5.74) is 3.63. The van der Waals surface area contributed by atoms with Gasteiger partial charge < -0.3 is 10.2 Å². The Hall–Kier alpha value is -3.85. The molecule has 5 rings (SSSR count). The standard InChI is InChI=1S/C38H41Cl2N3O4S/c1-27-16-19-33(20-17-27)48(46,47)43(32-15-9-10-28(2)22-32)26-37(44)42(25-30-18-21-34(39)35(40)23-30)36(24-29-11-5-3-6-12-29)38(45)41-31-13-7-4-8-14-31/h3,5-6,9-12,15-23,31,36H,4,7-8,13-14,24-26H2,1-2H3,(H,41,45). The van der Waals surface area contributed by atoms with E-state index in [1.807, 2.05) is 50.2 Å². The summed E-state index contributed by atoms with van der Waals surface area (Å²) in [5, 5.41) is 3.90. The van der Waals surface area contributed by atoms with E-state index in [9.17, 15) is 18.0 Å². The van der Waals surface area contributed by atoms with Crippen LogP contribution in [0.4, 0.5) is 5.69 Å². The smallest absolute Gasteiger partial charge is 0.264 e. The number of sulfonamides is 1. The zero-order chi connectivity index (χ0) is 34.3. The van der Waals surface area contributed by atoms with E-state index in [1.165, 1.54) is 4.90 Å². The average molecular weight is 707 g/mol. The molecule has 10 heteroatoms. The van der Waals surface area contributed by atoms with E-state index in [0.717, 1.165) is 53.1 Å². The fourth-order valence-corrected chi connectivity index (χ4v) is 7.81. The van der Waals surface area contributed by atoms with E-state index in [-0.39, 0.29) is 29.8 Å². The molecule has 1 atom stereocenters. The number of benzene rings is 4. The molecular formula is C38H41Cl2N3O4S. The molecular weight excluding hydrogens is 665 g/mol. The van der Waals surface area contributed by atoms with Gasteiger partial charge in [-0.25, -0.2) is 8.42 Å². The lowest BCUT2D eigenvalue weighted by Gasteiger charge is -2.35. The Bertz CT molecular complexity index is 1830. The van der Waals surface area contributed by atoms with Crippen molar-refractivity contribution in [2.75, 3.05) is 10.8 Å². The van der Waals surface area contributed by atoms with Gasteiger partial charge >= 0.3 is 0 Å². The zero-order valence-corrected chi connectivity index (χ0v) is 29.6. The summed E-state index contributed by atoms with van der Waals surface area (Å²) >= 11 is 12.6. The number of hydrogen-bond acceptors (Lipinski definition) is 4. The number of anilines is 1. The topological polar surface area (TPSA) is 86.8 Å². The van der Waals surface area contributed by atoms with E-state index in [2.05, 4.69) is 5.32 Å². The van der Waals surface area contributed by atoms with E-state index < -0.39 is 28.5 Å². The van der Waals surface area contributed by atoms with Crippen molar-refractivity contribution in [3.63, 3.8) is 0 Å². The molecule has 1 saturated carbocycles. The number of rotatable bonds is 12. The van der Waals surface area contributed by atoms with Gasteiger partial charge in [0.15, 0.2) is 0 Å². The van der Waals surface area contributed by atoms with Gasteiger partial charge in [0.2, 0.25) is 11.8 Å². The van der Waals surface area contributed by atoms with Crippen molar-refractivity contribution in [1.82, 2.24) is 10.2 Å². The molecule has 0 saturated heterocycles. The molecule has 252 valence electrons. The molecule has 4 aromatic carbocycles. The summed E-state index contributed by atoms with van der Waals surface area (Å²) in [7, 11) is -4.18. The van der Waals surface area contributed by atoms with Crippen LogP contribution in [0.2, 0.25) is 10.0 Å². The Kier molecular flexibility index (Phi) is 11.8. The van der Waals surface area contributed by atoms with Crippen LogP contribution >= 0.6 is 23.2 Å². The molecule has 0 bridgehead atoms. The third kappa shape index (κ3) is 8.98. The first-order valence-electron chi connectivity index (χ1n) is 16.2. The first-order chi connectivity index (χ1) is 23.0. The highest BCUT2D eigenvalue weighted by molar-refractivity contribution is 7.92. The Morgan fingerprint density at radius 2 is 1.50 bits per heavy atom. The summed E-state index contributed by atoms with van der Waals surface area (Å²) in [6.45, 7) is 3.23. The van der Waals surface area contributed by atoms with Gasteiger partial charge in [-0.05, 0) is 79.8 Å². The number of carbonyl (C=O) groups is 2. The van der Waals surface area contributed by atoms with Crippen molar-refractivity contribution in [3.8, 4) is 0 Å². The van der Waals surface area contributed by atoms with Gasteiger partial charge in [-0.15, -0.1) is 0 Å². The van der Waals surface area contributed by atoms with Gasteiger partial charge in [-0.1, -0.05) is 109 Å². The Morgan fingerprint density at radius 1 is 0.792 bits per heavy atom. The molecule has 1 fully saturated rings. The lowest BCUT2D eigenvalue weighted by atomic mass is 9.94. The lowest BCUT2D eigenvalue weighted by molar-refractivity contribution is -0.140. The first kappa shape index (κ1) is 35.5. The van der Waals surface area contributed by atoms with Crippen LogP contribution in [0.1, 0.15) is 54.4 Å². The molecule has 0 aliphatic heterocycles. The molecule has 1 aliphatic rings. The molecule has 1 N–H and O–H groups in total. The second-order valence-corrected chi connectivity index (χ2v) is 15.2. The van der Waals surface area contributed by atoms with Crippen LogP contribution in [0.5, 0.6) is 0 Å². The monoisotopic (exact) mass is 705 g/mol. The minimum absolute atomic E-state index is 0.0113. The number of aryl methyl sites for hydroxylation is 2. The van der Waals surface area contributed by atoms with Crippen molar-refractivity contribution in [2.24, 2.45) is 0 Å². The highest BCUT2D eigenvalue weighted by Crippen LogP contribution is 2.28. The Morgan fingerprint density at radius 3 is 2.17 bits per heavy atom. The van der Waals surface area contributed by atoms with Crippen molar-refractivity contribution in [2.45, 2.75) is 75.9 Å². The molecule has 2 amide bonds. The quantitative estimate of drug-likeness (QED) is 0.162. The zero-order valence-electron chi connectivity index (χ0n) is 27.2. The lowest BCUT2D eigenvalue weighted by Crippen LogP contribution is -2.55. The molecule has 0 spiro atoms. The molecule has 48 heavy (non-hydrogen) atoms. The number of amides is 2. The minimum atomic E-state index is -4.18. The number of nitrogens with one attached hydrogen (secondary N) is 1. The van der Waals surface area contributed by atoms with Crippen LogP contribution in [0.15, 0.2) is 102 Å². The van der Waals surface area contributed by atoms with Gasteiger partial charge in [0, 0.05) is 19.0 Å². The predicted molar refractivity (Wildman–Crippen MR) is 193 cm³/mol. The van der Waals surface area contributed by atoms with E-state index in [1.54, 1.807) is 60.7 Å². The Labute approximate surface area is 293 Å². The van der Waals surface area contributed by atoms with Crippen molar-refractivity contribution >= 4 is 50.7 Å². The summed E-state index contributed by atoms with van der Waals surface area (Å²) in [4.78, 5) is 30.5. The van der Waals surface area contributed by atoms with Gasteiger partial charge in [0.1, 0.15) is 12.6 Å². The fraction of sp³-hybridized carbons (Fsp3) is 0.316. The van der Waals surface area contributed by atoms with Gasteiger partial charge in [0.05, 0.1) is 20.6 Å². The average Bonchev–Trinajstić information content (AvgIpc) is 3.07. The molecule has 0 aromatic heterocycles.